The summed E-state index contributed by atoms with van der Waals surface area (Å²) in [5.41, 5.74) is -0.552. The van der Waals surface area contributed by atoms with E-state index >= 15 is 0 Å². The quantitative estimate of drug-likeness (QED) is 0.382. The van der Waals surface area contributed by atoms with Gasteiger partial charge in [0, 0.05) is 0 Å². The van der Waals surface area contributed by atoms with Crippen LogP contribution in [0.15, 0.2) is 53.2 Å². The van der Waals surface area contributed by atoms with Gasteiger partial charge in [-0.1, -0.05) is 12.7 Å². The molecule has 0 saturated carbocycles. The minimum Gasteiger partial charge on any atom is -0.487 e. The van der Waals surface area contributed by atoms with E-state index in [0.717, 1.165) is 18.2 Å². The highest BCUT2D eigenvalue weighted by Crippen LogP contribution is 2.33. The van der Waals surface area contributed by atoms with E-state index < -0.39 is 24.8 Å². The molecule has 2 aromatic rings. The van der Waals surface area contributed by atoms with E-state index in [0.29, 0.717) is 0 Å². The molecule has 1 heterocycles. The number of aromatic nitrogens is 1. The van der Waals surface area contributed by atoms with E-state index in [-0.39, 0.29) is 28.3 Å². The fourth-order valence-corrected chi connectivity index (χ4v) is 2.06. The maximum Gasteiger partial charge on any atom is 0.416 e. The Morgan fingerprint density at radius 2 is 2.08 bits per heavy atom. The smallest absolute Gasteiger partial charge is 0.416 e. The average molecular weight is 359 g/mol. The zero-order valence-electron chi connectivity index (χ0n) is 13.1. The van der Waals surface area contributed by atoms with Crippen molar-refractivity contribution in [1.82, 2.24) is 4.98 Å². The van der Waals surface area contributed by atoms with Crippen LogP contribution in [-0.2, 0) is 10.9 Å². The fourth-order valence-electron chi connectivity index (χ4n) is 2.06. The van der Waals surface area contributed by atoms with Gasteiger partial charge in [-0.3, -0.25) is 0 Å². The van der Waals surface area contributed by atoms with Crippen molar-refractivity contribution < 1.29 is 31.1 Å². The lowest BCUT2D eigenvalue weighted by Crippen LogP contribution is -2.05. The average Bonchev–Trinajstić information content (AvgIpc) is 2.96. The molecular formula is C17H14F5NO2. The highest BCUT2D eigenvalue weighted by Gasteiger charge is 2.31. The van der Waals surface area contributed by atoms with Crippen molar-refractivity contribution in [3.63, 3.8) is 0 Å². The molecule has 0 aliphatic rings. The molecule has 0 aliphatic carbocycles. The second-order valence-corrected chi connectivity index (χ2v) is 4.87. The zero-order chi connectivity index (χ0) is 18.6. The first-order chi connectivity index (χ1) is 11.8. The number of rotatable bonds is 6. The lowest BCUT2D eigenvalue weighted by molar-refractivity contribution is -0.137. The highest BCUT2D eigenvalue weighted by atomic mass is 19.4. The Kier molecular flexibility index (Phi) is 5.61. The summed E-state index contributed by atoms with van der Waals surface area (Å²) in [6.07, 6.45) is -3.00. The van der Waals surface area contributed by atoms with Crippen LogP contribution in [0.2, 0.25) is 0 Å². The summed E-state index contributed by atoms with van der Waals surface area (Å²) < 4.78 is 73.5. The number of allylic oxidation sites excluding steroid dienone is 4. The minimum atomic E-state index is -4.51. The molecule has 0 bridgehead atoms. The normalized spacial score (nSPS) is 13.6. The number of ether oxygens (including phenoxy) is 1. The van der Waals surface area contributed by atoms with E-state index in [1.165, 1.54) is 18.2 Å². The monoisotopic (exact) mass is 359 g/mol. The summed E-state index contributed by atoms with van der Waals surface area (Å²) >= 11 is 0. The molecule has 0 N–H and O–H groups in total. The summed E-state index contributed by atoms with van der Waals surface area (Å²) in [4.78, 5) is 4.01. The molecule has 8 heteroatoms. The number of hydrogen-bond donors (Lipinski definition) is 0. The maximum atomic E-state index is 12.8. The first-order valence-corrected chi connectivity index (χ1v) is 7.14. The molecule has 1 aromatic heterocycles. The number of oxazole rings is 1. The molecule has 0 atom stereocenters. The molecule has 1 aromatic carbocycles. The largest absolute Gasteiger partial charge is 0.487 e. The molecule has 0 fully saturated rings. The van der Waals surface area contributed by atoms with Gasteiger partial charge in [0.1, 0.15) is 17.9 Å². The van der Waals surface area contributed by atoms with Crippen molar-refractivity contribution in [1.29, 1.82) is 0 Å². The van der Waals surface area contributed by atoms with Crippen molar-refractivity contribution in [2.45, 2.75) is 19.5 Å². The predicted octanol–water partition coefficient (Wildman–Crippen LogP) is 5.60. The topological polar surface area (TPSA) is 35.3 Å². The number of fused-ring (bicyclic) bond motifs is 1. The molecule has 0 amide bonds. The van der Waals surface area contributed by atoms with E-state index in [2.05, 4.69) is 11.6 Å². The minimum absolute atomic E-state index is 0.0101. The number of nitrogens with zero attached hydrogens (tertiary/aromatic N) is 1. The molecule has 0 aliphatic heterocycles. The van der Waals surface area contributed by atoms with Gasteiger partial charge in [-0.2, -0.15) is 13.2 Å². The van der Waals surface area contributed by atoms with Gasteiger partial charge >= 0.3 is 6.18 Å². The molecule has 2 rings (SSSR count). The molecule has 0 unspecified atom stereocenters. The number of halogens is 5. The van der Waals surface area contributed by atoms with Crippen LogP contribution in [0.4, 0.5) is 22.0 Å². The Morgan fingerprint density at radius 1 is 1.36 bits per heavy atom. The van der Waals surface area contributed by atoms with E-state index in [1.54, 1.807) is 6.92 Å². The van der Waals surface area contributed by atoms with Crippen LogP contribution in [0.3, 0.4) is 0 Å². The number of hydrogen-bond acceptors (Lipinski definition) is 3. The van der Waals surface area contributed by atoms with Crippen molar-refractivity contribution in [3.05, 3.63) is 60.2 Å². The van der Waals surface area contributed by atoms with Crippen LogP contribution >= 0.6 is 0 Å². The first kappa shape index (κ1) is 18.7. The summed E-state index contributed by atoms with van der Waals surface area (Å²) in [6, 6.07) is 2.87. The number of alkyl halides is 5. The Labute approximate surface area is 140 Å². The van der Waals surface area contributed by atoms with Crippen molar-refractivity contribution in [2.75, 3.05) is 6.61 Å². The van der Waals surface area contributed by atoms with Gasteiger partial charge in [-0.15, -0.1) is 0 Å². The standard InChI is InChI=1S/C17H14F5NO2/c1-3-5-11(13(4-2)24-9-15(18)19)16-23-12-8-10(17(20,21)22)6-7-14(12)25-16/h3-8,15H,1,9H2,2H3/b11-5+,13-4+. The van der Waals surface area contributed by atoms with Crippen LogP contribution in [0, 0.1) is 0 Å². The maximum absolute atomic E-state index is 12.8. The lowest BCUT2D eigenvalue weighted by Gasteiger charge is -2.10. The third-order valence-electron chi connectivity index (χ3n) is 3.12. The molecule has 0 saturated heterocycles. The van der Waals surface area contributed by atoms with Gasteiger partial charge < -0.3 is 9.15 Å². The van der Waals surface area contributed by atoms with Crippen LogP contribution in [0.5, 0.6) is 0 Å². The SMILES string of the molecule is C=C/C=C(\C(=C/C)OCC(F)F)c1nc2cc(C(F)(F)F)ccc2o1. The molecular weight excluding hydrogens is 345 g/mol. The Bertz CT molecular complexity index is 818. The highest BCUT2D eigenvalue weighted by molar-refractivity contribution is 5.80. The third kappa shape index (κ3) is 4.46. The van der Waals surface area contributed by atoms with Gasteiger partial charge in [-0.25, -0.2) is 13.8 Å². The Hall–Kier alpha value is -2.64. The van der Waals surface area contributed by atoms with Gasteiger partial charge in [-0.05, 0) is 37.3 Å². The third-order valence-corrected chi connectivity index (χ3v) is 3.12. The van der Waals surface area contributed by atoms with Crippen molar-refractivity contribution >= 4 is 16.7 Å². The first-order valence-electron chi connectivity index (χ1n) is 7.14. The van der Waals surface area contributed by atoms with E-state index in [4.69, 9.17) is 9.15 Å². The zero-order valence-corrected chi connectivity index (χ0v) is 13.1. The lowest BCUT2D eigenvalue weighted by atomic mass is 10.2. The molecule has 0 radical (unpaired) electrons. The fraction of sp³-hybridized carbons (Fsp3) is 0.235. The van der Waals surface area contributed by atoms with Crippen LogP contribution in [0.1, 0.15) is 18.4 Å². The van der Waals surface area contributed by atoms with Gasteiger partial charge in [0.2, 0.25) is 5.89 Å². The van der Waals surface area contributed by atoms with Crippen LogP contribution in [0.25, 0.3) is 16.7 Å². The van der Waals surface area contributed by atoms with E-state index in [9.17, 15) is 22.0 Å². The van der Waals surface area contributed by atoms with Crippen molar-refractivity contribution in [2.24, 2.45) is 0 Å². The summed E-state index contributed by atoms with van der Waals surface area (Å²) in [7, 11) is 0. The Balaban J connectivity index is 2.45. The van der Waals surface area contributed by atoms with Crippen molar-refractivity contribution in [3.8, 4) is 0 Å². The number of benzene rings is 1. The second-order valence-electron chi connectivity index (χ2n) is 4.87. The molecule has 0 spiro atoms. The van der Waals surface area contributed by atoms with Crippen LogP contribution in [-0.4, -0.2) is 18.0 Å². The summed E-state index contributed by atoms with van der Waals surface area (Å²) in [5.74, 6) is -0.000563. The van der Waals surface area contributed by atoms with Crippen LogP contribution < -0.4 is 0 Å². The summed E-state index contributed by atoms with van der Waals surface area (Å²) in [5, 5.41) is 0. The molecule has 134 valence electrons. The van der Waals surface area contributed by atoms with Gasteiger partial charge in [0.05, 0.1) is 11.1 Å². The van der Waals surface area contributed by atoms with Gasteiger partial charge in [0.15, 0.2) is 5.58 Å². The predicted molar refractivity (Wildman–Crippen MR) is 82.9 cm³/mol. The molecule has 3 nitrogen and oxygen atoms in total. The summed E-state index contributed by atoms with van der Waals surface area (Å²) in [6.45, 7) is 4.23. The Morgan fingerprint density at radius 3 is 2.64 bits per heavy atom. The van der Waals surface area contributed by atoms with Gasteiger partial charge in [0.25, 0.3) is 6.43 Å². The van der Waals surface area contributed by atoms with E-state index in [1.807, 2.05) is 0 Å². The second kappa shape index (κ2) is 7.50. The molecule has 25 heavy (non-hydrogen) atoms.